The molecule has 0 spiro atoms. The van der Waals surface area contributed by atoms with Gasteiger partial charge in [0, 0.05) is 12.1 Å². The van der Waals surface area contributed by atoms with E-state index in [1.807, 2.05) is 12.1 Å². The van der Waals surface area contributed by atoms with Crippen LogP contribution >= 0.6 is 11.3 Å². The van der Waals surface area contributed by atoms with Crippen LogP contribution in [0.15, 0.2) is 35.7 Å². The molecular formula is C16H15N3S. The predicted octanol–water partition coefficient (Wildman–Crippen LogP) is 3.73. The summed E-state index contributed by atoms with van der Waals surface area (Å²) in [6.45, 7) is 3.02. The highest BCUT2D eigenvalue weighted by Crippen LogP contribution is 2.39. The summed E-state index contributed by atoms with van der Waals surface area (Å²) in [7, 11) is 0. The van der Waals surface area contributed by atoms with E-state index in [0.29, 0.717) is 0 Å². The van der Waals surface area contributed by atoms with Gasteiger partial charge < -0.3 is 10.3 Å². The summed E-state index contributed by atoms with van der Waals surface area (Å²) < 4.78 is 2.15. The first kappa shape index (κ1) is 11.7. The Morgan fingerprint density at radius 1 is 1.25 bits per heavy atom. The van der Waals surface area contributed by atoms with Crippen LogP contribution < -0.4 is 5.73 Å². The second-order valence-electron chi connectivity index (χ2n) is 5.16. The molecule has 0 unspecified atom stereocenters. The molecule has 3 aromatic rings. The Kier molecular flexibility index (Phi) is 2.47. The summed E-state index contributed by atoms with van der Waals surface area (Å²) in [5.41, 5.74) is 11.0. The quantitative estimate of drug-likeness (QED) is 0.738. The number of hydrogen-bond acceptors (Lipinski definition) is 3. The summed E-state index contributed by atoms with van der Waals surface area (Å²) in [5.74, 6) is 1.81. The highest BCUT2D eigenvalue weighted by Gasteiger charge is 2.24. The van der Waals surface area contributed by atoms with Crippen LogP contribution in [0.3, 0.4) is 0 Å². The highest BCUT2D eigenvalue weighted by molar-refractivity contribution is 7.13. The molecule has 3 nitrogen and oxygen atoms in total. The first-order valence-electron chi connectivity index (χ1n) is 6.74. The lowest BCUT2D eigenvalue weighted by Crippen LogP contribution is -2.11. The molecule has 0 saturated heterocycles. The maximum atomic E-state index is 6.36. The van der Waals surface area contributed by atoms with E-state index >= 15 is 0 Å². The number of benzene rings is 1. The van der Waals surface area contributed by atoms with Crippen LogP contribution in [0.25, 0.3) is 22.0 Å². The van der Waals surface area contributed by atoms with Crippen molar-refractivity contribution < 1.29 is 0 Å². The molecule has 0 radical (unpaired) electrons. The van der Waals surface area contributed by atoms with Crippen LogP contribution in [0.2, 0.25) is 0 Å². The number of nitrogens with two attached hydrogens (primary N) is 1. The number of imidazole rings is 1. The maximum absolute atomic E-state index is 6.36. The number of fused-ring (bicyclic) bond motifs is 3. The summed E-state index contributed by atoms with van der Waals surface area (Å²) >= 11 is 1.75. The molecule has 0 saturated carbocycles. The molecule has 4 heteroatoms. The van der Waals surface area contributed by atoms with Gasteiger partial charge in [-0.25, -0.2) is 4.98 Å². The fraction of sp³-hybridized carbons (Fsp3) is 0.188. The average molecular weight is 281 g/mol. The summed E-state index contributed by atoms with van der Waals surface area (Å²) in [4.78, 5) is 6.11. The summed E-state index contributed by atoms with van der Waals surface area (Å²) in [6, 6.07) is 10.5. The number of nitrogen functional groups attached to an aromatic ring is 1. The number of aromatic nitrogens is 2. The van der Waals surface area contributed by atoms with E-state index in [4.69, 9.17) is 10.7 Å². The third-order valence-electron chi connectivity index (χ3n) is 3.96. The van der Waals surface area contributed by atoms with E-state index < -0.39 is 0 Å². The SMILES string of the molecule is Cc1ccccc1-c1nc2n(c1N)CCc1ccsc1-2. The molecule has 1 aromatic carbocycles. The number of rotatable bonds is 1. The van der Waals surface area contributed by atoms with Crippen molar-refractivity contribution in [3.63, 3.8) is 0 Å². The van der Waals surface area contributed by atoms with Gasteiger partial charge >= 0.3 is 0 Å². The Balaban J connectivity index is 1.96. The normalized spacial score (nSPS) is 13.1. The lowest BCUT2D eigenvalue weighted by atomic mass is 10.1. The van der Waals surface area contributed by atoms with Crippen LogP contribution in [0.4, 0.5) is 5.82 Å². The van der Waals surface area contributed by atoms with Crippen LogP contribution in [-0.2, 0) is 13.0 Å². The molecule has 0 amide bonds. The molecule has 0 atom stereocenters. The second kappa shape index (κ2) is 4.21. The molecule has 0 fully saturated rings. The van der Waals surface area contributed by atoms with E-state index in [1.54, 1.807) is 11.3 Å². The average Bonchev–Trinajstić information content (AvgIpc) is 3.04. The minimum atomic E-state index is 0.786. The fourth-order valence-electron chi connectivity index (χ4n) is 2.86. The van der Waals surface area contributed by atoms with Crippen molar-refractivity contribution >= 4 is 17.2 Å². The van der Waals surface area contributed by atoms with Crippen molar-refractivity contribution in [1.82, 2.24) is 9.55 Å². The minimum Gasteiger partial charge on any atom is -0.383 e. The Labute approximate surface area is 121 Å². The molecule has 1 aliphatic heterocycles. The standard InChI is InChI=1S/C16H15N3S/c1-10-4-2-3-5-12(10)13-15(17)19-8-6-11-7-9-20-14(11)16(19)18-13/h2-5,7,9H,6,8,17H2,1H3. The fourth-order valence-corrected chi connectivity index (χ4v) is 3.81. The van der Waals surface area contributed by atoms with Gasteiger partial charge in [-0.15, -0.1) is 11.3 Å². The zero-order valence-electron chi connectivity index (χ0n) is 11.3. The second-order valence-corrected chi connectivity index (χ2v) is 6.08. The molecule has 3 heterocycles. The van der Waals surface area contributed by atoms with E-state index in [2.05, 4.69) is 35.1 Å². The molecule has 0 aliphatic carbocycles. The monoisotopic (exact) mass is 281 g/mol. The molecular weight excluding hydrogens is 266 g/mol. The van der Waals surface area contributed by atoms with Crippen molar-refractivity contribution in [2.75, 3.05) is 5.73 Å². The van der Waals surface area contributed by atoms with Gasteiger partial charge in [-0.3, -0.25) is 0 Å². The van der Waals surface area contributed by atoms with Crippen molar-refractivity contribution in [3.8, 4) is 22.0 Å². The minimum absolute atomic E-state index is 0.786. The van der Waals surface area contributed by atoms with Crippen LogP contribution in [0, 0.1) is 6.92 Å². The third kappa shape index (κ3) is 1.55. The molecule has 100 valence electrons. The number of thiophene rings is 1. The number of nitrogens with zero attached hydrogens (tertiary/aromatic N) is 2. The number of aryl methyl sites for hydroxylation is 2. The third-order valence-corrected chi connectivity index (χ3v) is 4.91. The lowest BCUT2D eigenvalue weighted by molar-refractivity contribution is 0.695. The van der Waals surface area contributed by atoms with Gasteiger partial charge in [0.05, 0.1) is 4.88 Å². The molecule has 20 heavy (non-hydrogen) atoms. The first-order chi connectivity index (χ1) is 9.75. The van der Waals surface area contributed by atoms with E-state index in [-0.39, 0.29) is 0 Å². The summed E-state index contributed by atoms with van der Waals surface area (Å²) in [5, 5.41) is 2.14. The Morgan fingerprint density at radius 2 is 2.10 bits per heavy atom. The molecule has 2 N–H and O–H groups in total. The first-order valence-corrected chi connectivity index (χ1v) is 7.62. The van der Waals surface area contributed by atoms with Crippen molar-refractivity contribution in [1.29, 1.82) is 0 Å². The number of hydrogen-bond donors (Lipinski definition) is 1. The Morgan fingerprint density at radius 3 is 2.95 bits per heavy atom. The van der Waals surface area contributed by atoms with Gasteiger partial charge in [0.1, 0.15) is 11.5 Å². The van der Waals surface area contributed by atoms with E-state index in [1.165, 1.54) is 16.0 Å². The molecule has 0 bridgehead atoms. The van der Waals surface area contributed by atoms with Gasteiger partial charge in [0.25, 0.3) is 0 Å². The van der Waals surface area contributed by atoms with E-state index in [9.17, 15) is 0 Å². The van der Waals surface area contributed by atoms with Gasteiger partial charge in [-0.05, 0) is 35.9 Å². The van der Waals surface area contributed by atoms with Gasteiger partial charge in [-0.1, -0.05) is 24.3 Å². The van der Waals surface area contributed by atoms with Crippen LogP contribution in [0.5, 0.6) is 0 Å². The van der Waals surface area contributed by atoms with Gasteiger partial charge in [-0.2, -0.15) is 0 Å². The smallest absolute Gasteiger partial charge is 0.152 e. The predicted molar refractivity (Wildman–Crippen MR) is 83.8 cm³/mol. The van der Waals surface area contributed by atoms with Crippen molar-refractivity contribution in [2.24, 2.45) is 0 Å². The van der Waals surface area contributed by atoms with Crippen LogP contribution in [0.1, 0.15) is 11.1 Å². The molecule has 2 aromatic heterocycles. The zero-order chi connectivity index (χ0) is 13.7. The largest absolute Gasteiger partial charge is 0.383 e. The molecule has 4 rings (SSSR count). The lowest BCUT2D eigenvalue weighted by Gasteiger charge is -2.15. The summed E-state index contributed by atoms with van der Waals surface area (Å²) in [6.07, 6.45) is 1.04. The Bertz CT molecular complexity index is 798. The van der Waals surface area contributed by atoms with Gasteiger partial charge in [0.2, 0.25) is 0 Å². The van der Waals surface area contributed by atoms with Crippen molar-refractivity contribution in [2.45, 2.75) is 19.9 Å². The van der Waals surface area contributed by atoms with Crippen LogP contribution in [-0.4, -0.2) is 9.55 Å². The molecule has 1 aliphatic rings. The maximum Gasteiger partial charge on any atom is 0.152 e. The number of anilines is 1. The van der Waals surface area contributed by atoms with Crippen molar-refractivity contribution in [3.05, 3.63) is 46.8 Å². The zero-order valence-corrected chi connectivity index (χ0v) is 12.1. The topological polar surface area (TPSA) is 43.8 Å². The van der Waals surface area contributed by atoms with E-state index in [0.717, 1.165) is 35.9 Å². The van der Waals surface area contributed by atoms with Gasteiger partial charge in [0.15, 0.2) is 5.82 Å². The highest BCUT2D eigenvalue weighted by atomic mass is 32.1. The Hall–Kier alpha value is -2.07.